The quantitative estimate of drug-likeness (QED) is 0.914. The van der Waals surface area contributed by atoms with Gasteiger partial charge >= 0.3 is 0 Å². The Kier molecular flexibility index (Phi) is 4.00. The second-order valence-electron chi connectivity index (χ2n) is 4.95. The molecule has 0 fully saturated rings. The minimum Gasteiger partial charge on any atom is -0.481 e. The number of benzene rings is 1. The van der Waals surface area contributed by atoms with Gasteiger partial charge in [0.05, 0.1) is 12.8 Å². The minimum atomic E-state index is 0.226. The summed E-state index contributed by atoms with van der Waals surface area (Å²) < 4.78 is 5.12. The van der Waals surface area contributed by atoms with Crippen LogP contribution < -0.4 is 10.5 Å². The maximum absolute atomic E-state index is 5.69. The summed E-state index contributed by atoms with van der Waals surface area (Å²) in [6.07, 6.45) is 1.05. The van der Waals surface area contributed by atoms with Crippen LogP contribution in [0.4, 0.5) is 5.95 Å². The van der Waals surface area contributed by atoms with Gasteiger partial charge in [-0.05, 0) is 24.0 Å². The van der Waals surface area contributed by atoms with Crippen molar-refractivity contribution in [1.82, 2.24) is 9.97 Å². The van der Waals surface area contributed by atoms with Gasteiger partial charge in [-0.15, -0.1) is 0 Å². The normalized spacial score (nSPS) is 10.7. The van der Waals surface area contributed by atoms with E-state index in [2.05, 4.69) is 35.9 Å². The first-order valence-electron chi connectivity index (χ1n) is 6.36. The van der Waals surface area contributed by atoms with Gasteiger partial charge in [0, 0.05) is 11.6 Å². The van der Waals surface area contributed by atoms with E-state index in [0.717, 1.165) is 17.7 Å². The van der Waals surface area contributed by atoms with Gasteiger partial charge in [-0.1, -0.05) is 32.0 Å². The largest absolute Gasteiger partial charge is 0.481 e. The summed E-state index contributed by atoms with van der Waals surface area (Å²) in [6, 6.07) is 10.1. The molecule has 1 aromatic carbocycles. The summed E-state index contributed by atoms with van der Waals surface area (Å²) in [5, 5.41) is 0. The fourth-order valence-corrected chi connectivity index (χ4v) is 2.02. The third-order valence-corrected chi connectivity index (χ3v) is 2.80. The van der Waals surface area contributed by atoms with Crippen LogP contribution in [0.15, 0.2) is 30.3 Å². The number of anilines is 1. The first kappa shape index (κ1) is 13.3. The van der Waals surface area contributed by atoms with Crippen LogP contribution in [0.2, 0.25) is 0 Å². The van der Waals surface area contributed by atoms with Crippen LogP contribution >= 0.6 is 0 Å². The monoisotopic (exact) mass is 257 g/mol. The van der Waals surface area contributed by atoms with E-state index in [9.17, 15) is 0 Å². The van der Waals surface area contributed by atoms with Crippen LogP contribution in [0, 0.1) is 5.92 Å². The standard InChI is InChI=1S/C15H19N3O/c1-10(2)7-11-5-4-6-12(8-11)13-9-14(19-3)18-15(16)17-13/h4-6,8-10H,7H2,1-3H3,(H2,16,17,18). The van der Waals surface area contributed by atoms with Gasteiger partial charge < -0.3 is 10.5 Å². The van der Waals surface area contributed by atoms with Crippen molar-refractivity contribution in [3.05, 3.63) is 35.9 Å². The van der Waals surface area contributed by atoms with E-state index in [0.29, 0.717) is 11.8 Å². The van der Waals surface area contributed by atoms with Crippen LogP contribution in [0.1, 0.15) is 19.4 Å². The highest BCUT2D eigenvalue weighted by Gasteiger charge is 2.06. The van der Waals surface area contributed by atoms with Crippen molar-refractivity contribution in [2.75, 3.05) is 12.8 Å². The van der Waals surface area contributed by atoms with Crippen LogP contribution in [-0.2, 0) is 6.42 Å². The zero-order valence-corrected chi connectivity index (χ0v) is 11.6. The Bertz CT molecular complexity index is 567. The van der Waals surface area contributed by atoms with Crippen molar-refractivity contribution < 1.29 is 4.74 Å². The van der Waals surface area contributed by atoms with Crippen LogP contribution in [0.25, 0.3) is 11.3 Å². The zero-order valence-electron chi connectivity index (χ0n) is 11.6. The Morgan fingerprint density at radius 3 is 2.68 bits per heavy atom. The van der Waals surface area contributed by atoms with Crippen molar-refractivity contribution in [3.63, 3.8) is 0 Å². The number of hydrogen-bond donors (Lipinski definition) is 1. The average molecular weight is 257 g/mol. The van der Waals surface area contributed by atoms with Crippen molar-refractivity contribution in [2.24, 2.45) is 5.92 Å². The summed E-state index contributed by atoms with van der Waals surface area (Å²) in [4.78, 5) is 8.25. The van der Waals surface area contributed by atoms with Crippen molar-refractivity contribution in [1.29, 1.82) is 0 Å². The lowest BCUT2D eigenvalue weighted by Crippen LogP contribution is -2.00. The number of nitrogens with zero attached hydrogens (tertiary/aromatic N) is 2. The van der Waals surface area contributed by atoms with Gasteiger partial charge in [0.25, 0.3) is 0 Å². The molecule has 0 spiro atoms. The van der Waals surface area contributed by atoms with Gasteiger partial charge in [0.15, 0.2) is 0 Å². The summed E-state index contributed by atoms with van der Waals surface area (Å²) in [5.74, 6) is 1.33. The second-order valence-corrected chi connectivity index (χ2v) is 4.95. The number of hydrogen-bond acceptors (Lipinski definition) is 4. The number of aromatic nitrogens is 2. The molecule has 4 nitrogen and oxygen atoms in total. The maximum Gasteiger partial charge on any atom is 0.223 e. The van der Waals surface area contributed by atoms with E-state index in [1.807, 2.05) is 12.1 Å². The van der Waals surface area contributed by atoms with Crippen molar-refractivity contribution in [2.45, 2.75) is 20.3 Å². The molecule has 1 heterocycles. The molecule has 0 saturated carbocycles. The zero-order chi connectivity index (χ0) is 13.8. The lowest BCUT2D eigenvalue weighted by Gasteiger charge is -2.08. The van der Waals surface area contributed by atoms with Crippen molar-refractivity contribution >= 4 is 5.95 Å². The number of nitrogens with two attached hydrogens (primary N) is 1. The molecule has 0 aliphatic heterocycles. The molecule has 0 atom stereocenters. The van der Waals surface area contributed by atoms with Gasteiger partial charge in [0.2, 0.25) is 11.8 Å². The molecule has 2 N–H and O–H groups in total. The lowest BCUT2D eigenvalue weighted by atomic mass is 10.00. The third-order valence-electron chi connectivity index (χ3n) is 2.80. The molecule has 0 radical (unpaired) electrons. The molecule has 2 aromatic rings. The van der Waals surface area contributed by atoms with E-state index in [4.69, 9.17) is 10.5 Å². The Balaban J connectivity index is 2.38. The summed E-state index contributed by atoms with van der Waals surface area (Å²) in [6.45, 7) is 4.41. The van der Waals surface area contributed by atoms with Gasteiger partial charge in [-0.2, -0.15) is 4.98 Å². The predicted molar refractivity (Wildman–Crippen MR) is 77.0 cm³/mol. The minimum absolute atomic E-state index is 0.226. The first-order chi connectivity index (χ1) is 9.08. The molecule has 19 heavy (non-hydrogen) atoms. The van der Waals surface area contributed by atoms with Crippen LogP contribution in [0.5, 0.6) is 5.88 Å². The summed E-state index contributed by atoms with van der Waals surface area (Å²) in [7, 11) is 1.57. The van der Waals surface area contributed by atoms with Crippen molar-refractivity contribution in [3.8, 4) is 17.1 Å². The number of nitrogen functional groups attached to an aromatic ring is 1. The number of ether oxygens (including phenoxy) is 1. The van der Waals surface area contributed by atoms with E-state index in [1.165, 1.54) is 5.56 Å². The SMILES string of the molecule is COc1cc(-c2cccc(CC(C)C)c2)nc(N)n1. The topological polar surface area (TPSA) is 61.0 Å². The Labute approximate surface area is 113 Å². The maximum atomic E-state index is 5.69. The average Bonchev–Trinajstić information content (AvgIpc) is 2.37. The molecule has 0 saturated heterocycles. The van der Waals surface area contributed by atoms with Gasteiger partial charge in [-0.25, -0.2) is 4.98 Å². The van der Waals surface area contributed by atoms with Gasteiger partial charge in [-0.3, -0.25) is 0 Å². The Morgan fingerprint density at radius 1 is 1.21 bits per heavy atom. The lowest BCUT2D eigenvalue weighted by molar-refractivity contribution is 0.398. The van der Waals surface area contributed by atoms with Crippen LogP contribution in [0.3, 0.4) is 0 Å². The Hall–Kier alpha value is -2.10. The molecule has 0 bridgehead atoms. The Morgan fingerprint density at radius 2 is 2.00 bits per heavy atom. The number of methoxy groups -OCH3 is 1. The highest BCUT2D eigenvalue weighted by molar-refractivity contribution is 5.62. The van der Waals surface area contributed by atoms with Gasteiger partial charge in [0.1, 0.15) is 0 Å². The number of rotatable bonds is 4. The van der Waals surface area contributed by atoms with E-state index in [-0.39, 0.29) is 5.95 Å². The van der Waals surface area contributed by atoms with E-state index in [1.54, 1.807) is 13.2 Å². The third kappa shape index (κ3) is 3.44. The molecule has 2 rings (SSSR count). The molecule has 100 valence electrons. The van der Waals surface area contributed by atoms with E-state index < -0.39 is 0 Å². The summed E-state index contributed by atoms with van der Waals surface area (Å²) in [5.41, 5.74) is 8.80. The molecule has 1 aromatic heterocycles. The highest BCUT2D eigenvalue weighted by atomic mass is 16.5. The van der Waals surface area contributed by atoms with E-state index >= 15 is 0 Å². The highest BCUT2D eigenvalue weighted by Crippen LogP contribution is 2.23. The molecular weight excluding hydrogens is 238 g/mol. The fraction of sp³-hybridized carbons (Fsp3) is 0.333. The predicted octanol–water partition coefficient (Wildman–Crippen LogP) is 2.93. The second kappa shape index (κ2) is 5.69. The first-order valence-corrected chi connectivity index (χ1v) is 6.36. The molecule has 0 aliphatic carbocycles. The smallest absolute Gasteiger partial charge is 0.223 e. The van der Waals surface area contributed by atoms with Crippen LogP contribution in [-0.4, -0.2) is 17.1 Å². The summed E-state index contributed by atoms with van der Waals surface area (Å²) >= 11 is 0. The molecule has 0 aliphatic rings. The molecule has 0 amide bonds. The molecule has 0 unspecified atom stereocenters. The molecule has 4 heteroatoms. The molecular formula is C15H19N3O. The fourth-order valence-electron chi connectivity index (χ4n) is 2.02.